The summed E-state index contributed by atoms with van der Waals surface area (Å²) < 4.78 is 0. The molecule has 0 fully saturated rings. The fourth-order valence-corrected chi connectivity index (χ4v) is 1.50. The summed E-state index contributed by atoms with van der Waals surface area (Å²) >= 11 is 0. The van der Waals surface area contributed by atoms with E-state index in [1.54, 1.807) is 12.1 Å². The number of phenols is 1. The van der Waals surface area contributed by atoms with Gasteiger partial charge in [-0.05, 0) is 29.2 Å². The van der Waals surface area contributed by atoms with E-state index in [2.05, 4.69) is 0 Å². The number of benzene rings is 1. The van der Waals surface area contributed by atoms with Crippen molar-refractivity contribution in [3.8, 4) is 5.75 Å². The monoisotopic (exact) mass is 196 g/mol. The number of hydrogen-bond donors (Lipinski definition) is 3. The number of aliphatic hydroxyl groups excluding tert-OH is 2. The molecule has 0 unspecified atom stereocenters. The Kier molecular flexibility index (Phi) is 3.49. The molecule has 0 bridgehead atoms. The Labute approximate surface area is 83.6 Å². The topological polar surface area (TPSA) is 60.7 Å². The smallest absolute Gasteiger partial charge is 0.121 e. The normalized spacial score (nSPS) is 10.9. The molecular formula is C11H16O3. The molecule has 3 nitrogen and oxygen atoms in total. The molecule has 0 aliphatic rings. The predicted octanol–water partition coefficient (Wildman–Crippen LogP) is 1.50. The van der Waals surface area contributed by atoms with Crippen LogP contribution in [0.5, 0.6) is 5.75 Å². The van der Waals surface area contributed by atoms with Crippen molar-refractivity contribution >= 4 is 0 Å². The van der Waals surface area contributed by atoms with E-state index in [1.165, 1.54) is 0 Å². The van der Waals surface area contributed by atoms with Crippen molar-refractivity contribution < 1.29 is 15.3 Å². The van der Waals surface area contributed by atoms with Crippen LogP contribution in [0.2, 0.25) is 0 Å². The van der Waals surface area contributed by atoms with Crippen LogP contribution in [0.4, 0.5) is 0 Å². The summed E-state index contributed by atoms with van der Waals surface area (Å²) in [5.41, 5.74) is 2.14. The molecule has 0 atom stereocenters. The second-order valence-corrected chi connectivity index (χ2v) is 3.65. The molecule has 0 heterocycles. The molecule has 0 amide bonds. The number of rotatable bonds is 3. The van der Waals surface area contributed by atoms with Gasteiger partial charge in [-0.1, -0.05) is 13.8 Å². The van der Waals surface area contributed by atoms with Gasteiger partial charge in [0.2, 0.25) is 0 Å². The van der Waals surface area contributed by atoms with E-state index in [0.717, 1.165) is 11.1 Å². The van der Waals surface area contributed by atoms with Crippen LogP contribution >= 0.6 is 0 Å². The van der Waals surface area contributed by atoms with E-state index in [9.17, 15) is 5.11 Å². The number of aromatic hydroxyl groups is 1. The first-order valence-electron chi connectivity index (χ1n) is 4.66. The Morgan fingerprint density at radius 2 is 1.64 bits per heavy atom. The Bertz CT molecular complexity index is 319. The lowest BCUT2D eigenvalue weighted by molar-refractivity contribution is 0.270. The van der Waals surface area contributed by atoms with Crippen molar-refractivity contribution in [2.45, 2.75) is 33.0 Å². The van der Waals surface area contributed by atoms with E-state index in [4.69, 9.17) is 10.2 Å². The predicted molar refractivity (Wildman–Crippen MR) is 54.0 cm³/mol. The van der Waals surface area contributed by atoms with Crippen LogP contribution in [0.25, 0.3) is 0 Å². The van der Waals surface area contributed by atoms with Gasteiger partial charge in [0, 0.05) is 5.56 Å². The Morgan fingerprint density at radius 3 is 2.07 bits per heavy atom. The van der Waals surface area contributed by atoms with E-state index in [-0.39, 0.29) is 24.9 Å². The Morgan fingerprint density at radius 1 is 1.07 bits per heavy atom. The van der Waals surface area contributed by atoms with Gasteiger partial charge in [0.05, 0.1) is 13.2 Å². The zero-order chi connectivity index (χ0) is 10.7. The van der Waals surface area contributed by atoms with Gasteiger partial charge in [0.25, 0.3) is 0 Å². The van der Waals surface area contributed by atoms with Gasteiger partial charge in [0.15, 0.2) is 0 Å². The molecule has 0 spiro atoms. The first-order chi connectivity index (χ1) is 6.60. The summed E-state index contributed by atoms with van der Waals surface area (Å²) in [5.74, 6) is 0.337. The molecule has 1 aromatic rings. The standard InChI is InChI=1S/C11H16O3/c1-7(2)10-4-11(14)9(6-13)3-8(10)5-12/h3-4,7,12-14H,5-6H2,1-2H3. The van der Waals surface area contributed by atoms with Crippen LogP contribution < -0.4 is 0 Å². The molecule has 0 aliphatic heterocycles. The Hall–Kier alpha value is -1.06. The van der Waals surface area contributed by atoms with Crippen molar-refractivity contribution in [3.05, 3.63) is 28.8 Å². The maximum atomic E-state index is 9.52. The van der Waals surface area contributed by atoms with Crippen LogP contribution in [0.1, 0.15) is 36.5 Å². The average molecular weight is 196 g/mol. The van der Waals surface area contributed by atoms with Gasteiger partial charge in [-0.15, -0.1) is 0 Å². The highest BCUT2D eigenvalue weighted by Gasteiger charge is 2.10. The molecule has 78 valence electrons. The summed E-state index contributed by atoms with van der Waals surface area (Å²) in [4.78, 5) is 0. The van der Waals surface area contributed by atoms with Gasteiger partial charge < -0.3 is 15.3 Å². The first-order valence-corrected chi connectivity index (χ1v) is 4.66. The fraction of sp³-hybridized carbons (Fsp3) is 0.455. The summed E-state index contributed by atoms with van der Waals surface area (Å²) in [6.45, 7) is 3.71. The zero-order valence-corrected chi connectivity index (χ0v) is 8.49. The van der Waals surface area contributed by atoms with Crippen LogP contribution in [-0.2, 0) is 13.2 Å². The fourth-order valence-electron chi connectivity index (χ4n) is 1.50. The molecule has 1 rings (SSSR count). The van der Waals surface area contributed by atoms with Crippen molar-refractivity contribution in [2.24, 2.45) is 0 Å². The minimum atomic E-state index is -0.211. The van der Waals surface area contributed by atoms with E-state index in [0.29, 0.717) is 5.56 Å². The van der Waals surface area contributed by atoms with E-state index >= 15 is 0 Å². The number of aliphatic hydroxyl groups is 2. The van der Waals surface area contributed by atoms with Crippen LogP contribution in [0, 0.1) is 0 Å². The van der Waals surface area contributed by atoms with Gasteiger partial charge >= 0.3 is 0 Å². The minimum Gasteiger partial charge on any atom is -0.508 e. The zero-order valence-electron chi connectivity index (χ0n) is 8.49. The molecule has 3 N–H and O–H groups in total. The second-order valence-electron chi connectivity index (χ2n) is 3.65. The first kappa shape index (κ1) is 11.0. The van der Waals surface area contributed by atoms with Gasteiger partial charge in [0.1, 0.15) is 5.75 Å². The third-order valence-corrected chi connectivity index (χ3v) is 2.30. The molecular weight excluding hydrogens is 180 g/mol. The average Bonchev–Trinajstić information content (AvgIpc) is 2.17. The third-order valence-electron chi connectivity index (χ3n) is 2.30. The largest absolute Gasteiger partial charge is 0.508 e. The van der Waals surface area contributed by atoms with Crippen LogP contribution in [-0.4, -0.2) is 15.3 Å². The van der Waals surface area contributed by atoms with Gasteiger partial charge in [-0.25, -0.2) is 0 Å². The maximum Gasteiger partial charge on any atom is 0.121 e. The van der Waals surface area contributed by atoms with E-state index < -0.39 is 0 Å². The SMILES string of the molecule is CC(C)c1cc(O)c(CO)cc1CO. The maximum absolute atomic E-state index is 9.52. The van der Waals surface area contributed by atoms with Crippen LogP contribution in [0.15, 0.2) is 12.1 Å². The van der Waals surface area contributed by atoms with Gasteiger partial charge in [-0.2, -0.15) is 0 Å². The molecule has 0 aliphatic carbocycles. The van der Waals surface area contributed by atoms with Crippen molar-refractivity contribution in [1.82, 2.24) is 0 Å². The molecule has 0 aromatic heterocycles. The molecule has 14 heavy (non-hydrogen) atoms. The highest BCUT2D eigenvalue weighted by atomic mass is 16.3. The second kappa shape index (κ2) is 4.44. The highest BCUT2D eigenvalue weighted by molar-refractivity contribution is 5.42. The highest BCUT2D eigenvalue weighted by Crippen LogP contribution is 2.27. The molecule has 1 aromatic carbocycles. The van der Waals surface area contributed by atoms with Crippen molar-refractivity contribution in [1.29, 1.82) is 0 Å². The molecule has 0 radical (unpaired) electrons. The lowest BCUT2D eigenvalue weighted by atomic mass is 9.95. The van der Waals surface area contributed by atoms with Crippen molar-refractivity contribution in [3.63, 3.8) is 0 Å². The molecule has 3 heteroatoms. The summed E-state index contributed by atoms with van der Waals surface area (Å²) in [6, 6.07) is 3.26. The van der Waals surface area contributed by atoms with E-state index in [1.807, 2.05) is 13.8 Å². The van der Waals surface area contributed by atoms with Crippen molar-refractivity contribution in [2.75, 3.05) is 0 Å². The third kappa shape index (κ3) is 2.05. The Balaban J connectivity index is 3.24. The lowest BCUT2D eigenvalue weighted by Gasteiger charge is -2.13. The molecule has 0 saturated heterocycles. The number of hydrogen-bond acceptors (Lipinski definition) is 3. The summed E-state index contributed by atoms with van der Waals surface area (Å²) in [5, 5.41) is 27.6. The summed E-state index contributed by atoms with van der Waals surface area (Å²) in [6.07, 6.45) is 0. The lowest BCUT2D eigenvalue weighted by Crippen LogP contribution is -1.99. The molecule has 0 saturated carbocycles. The van der Waals surface area contributed by atoms with Crippen LogP contribution in [0.3, 0.4) is 0 Å². The quantitative estimate of drug-likeness (QED) is 0.686. The minimum absolute atomic E-state index is 0.0687. The summed E-state index contributed by atoms with van der Waals surface area (Å²) in [7, 11) is 0. The van der Waals surface area contributed by atoms with Gasteiger partial charge in [-0.3, -0.25) is 0 Å².